The summed E-state index contributed by atoms with van der Waals surface area (Å²) in [5.41, 5.74) is -2.35. The van der Waals surface area contributed by atoms with E-state index in [-0.39, 0.29) is 12.0 Å². The van der Waals surface area contributed by atoms with Crippen LogP contribution in [0.1, 0.15) is 36.7 Å². The van der Waals surface area contributed by atoms with Crippen molar-refractivity contribution in [3.63, 3.8) is 0 Å². The van der Waals surface area contributed by atoms with E-state index in [2.05, 4.69) is 0 Å². The maximum Gasteiger partial charge on any atom is 0.363 e. The highest BCUT2D eigenvalue weighted by Gasteiger charge is 2.54. The molecule has 0 unspecified atom stereocenters. The van der Waals surface area contributed by atoms with Gasteiger partial charge in [-0.05, 0) is 38.5 Å². The Kier molecular flexibility index (Phi) is 6.57. The molecule has 0 radical (unpaired) electrons. The van der Waals surface area contributed by atoms with E-state index in [1.807, 2.05) is 0 Å². The third-order valence-corrected chi connectivity index (χ3v) is 3.82. The third-order valence-electron chi connectivity index (χ3n) is 3.82. The molecule has 0 saturated heterocycles. The predicted octanol–water partition coefficient (Wildman–Crippen LogP) is 3.34. The Balaban J connectivity index is 2.50. The van der Waals surface area contributed by atoms with Gasteiger partial charge in [0.05, 0.1) is 12.7 Å². The van der Waals surface area contributed by atoms with Crippen molar-refractivity contribution >= 4 is 17.9 Å². The van der Waals surface area contributed by atoms with Crippen LogP contribution in [0.15, 0.2) is 60.7 Å². The van der Waals surface area contributed by atoms with Gasteiger partial charge in [0.15, 0.2) is 0 Å². The monoisotopic (exact) mass is 384 g/mol. The minimum Gasteiger partial charge on any atom is -0.466 e. The summed E-state index contributed by atoms with van der Waals surface area (Å²) >= 11 is 0. The van der Waals surface area contributed by atoms with Gasteiger partial charge in [0.2, 0.25) is 0 Å². The molecule has 0 bridgehead atoms. The maximum atomic E-state index is 13.1. The van der Waals surface area contributed by atoms with E-state index in [4.69, 9.17) is 14.2 Å². The number of hydrogen-bond acceptors (Lipinski definition) is 6. The van der Waals surface area contributed by atoms with Gasteiger partial charge in [-0.2, -0.15) is 0 Å². The van der Waals surface area contributed by atoms with Crippen molar-refractivity contribution in [2.24, 2.45) is 0 Å². The minimum absolute atomic E-state index is 0.201. The number of rotatable bonds is 6. The van der Waals surface area contributed by atoms with Crippen LogP contribution in [0.2, 0.25) is 0 Å². The molecule has 6 nitrogen and oxygen atoms in total. The molecule has 0 aliphatic rings. The number of esters is 3. The average Bonchev–Trinajstić information content (AvgIpc) is 2.66. The third kappa shape index (κ3) is 5.19. The van der Waals surface area contributed by atoms with Gasteiger partial charge in [-0.1, -0.05) is 48.5 Å². The summed E-state index contributed by atoms with van der Waals surface area (Å²) in [6.07, 6.45) is -0.214. The van der Waals surface area contributed by atoms with Crippen molar-refractivity contribution in [2.75, 3.05) is 7.11 Å². The topological polar surface area (TPSA) is 78.9 Å². The first-order chi connectivity index (χ1) is 13.2. The van der Waals surface area contributed by atoms with E-state index in [0.717, 1.165) is 7.11 Å². The van der Waals surface area contributed by atoms with Crippen LogP contribution < -0.4 is 0 Å². The Hall–Kier alpha value is -3.15. The number of hydrogen-bond donors (Lipinski definition) is 0. The maximum absolute atomic E-state index is 13.1. The zero-order valence-corrected chi connectivity index (χ0v) is 16.4. The summed E-state index contributed by atoms with van der Waals surface area (Å²) < 4.78 is 15.8. The van der Waals surface area contributed by atoms with Gasteiger partial charge in [0.25, 0.3) is 0 Å². The summed E-state index contributed by atoms with van der Waals surface area (Å²) in [5, 5.41) is 0. The normalized spacial score (nSPS) is 13.1. The van der Waals surface area contributed by atoms with Gasteiger partial charge in [-0.15, -0.1) is 0 Å². The lowest BCUT2D eigenvalue weighted by Crippen LogP contribution is -2.55. The van der Waals surface area contributed by atoms with Crippen molar-refractivity contribution in [3.8, 4) is 0 Å². The Morgan fingerprint density at radius 1 is 0.786 bits per heavy atom. The van der Waals surface area contributed by atoms with E-state index in [9.17, 15) is 14.4 Å². The molecule has 0 heterocycles. The molecule has 0 aliphatic carbocycles. The first-order valence-electron chi connectivity index (χ1n) is 8.82. The van der Waals surface area contributed by atoms with Crippen LogP contribution in [0, 0.1) is 0 Å². The molecule has 2 aromatic carbocycles. The molecule has 28 heavy (non-hydrogen) atoms. The highest BCUT2D eigenvalue weighted by atomic mass is 16.6. The lowest BCUT2D eigenvalue weighted by molar-refractivity contribution is -0.189. The average molecular weight is 384 g/mol. The van der Waals surface area contributed by atoms with Crippen LogP contribution in [0.5, 0.6) is 0 Å². The fourth-order valence-corrected chi connectivity index (χ4v) is 2.55. The largest absolute Gasteiger partial charge is 0.466 e. The molecule has 0 saturated carbocycles. The van der Waals surface area contributed by atoms with Crippen molar-refractivity contribution < 1.29 is 28.6 Å². The van der Waals surface area contributed by atoms with Crippen LogP contribution in [0.4, 0.5) is 0 Å². The zero-order valence-electron chi connectivity index (χ0n) is 16.4. The van der Waals surface area contributed by atoms with E-state index in [1.165, 1.54) is 12.1 Å². The molecule has 2 rings (SSSR count). The van der Waals surface area contributed by atoms with Crippen molar-refractivity contribution in [1.82, 2.24) is 0 Å². The molecular formula is C22H24O6. The second-order valence-electron chi connectivity index (χ2n) is 7.24. The van der Waals surface area contributed by atoms with E-state index < -0.39 is 29.1 Å². The number of carbonyl (C=O) groups is 3. The lowest BCUT2D eigenvalue weighted by Gasteiger charge is -2.32. The number of methoxy groups -OCH3 is 1. The minimum atomic E-state index is -2.27. The summed E-state index contributed by atoms with van der Waals surface area (Å²) in [6, 6.07) is 16.9. The Bertz CT molecular complexity index is 823. The number of carbonyl (C=O) groups excluding carboxylic acids is 3. The molecule has 0 amide bonds. The van der Waals surface area contributed by atoms with Crippen LogP contribution in [-0.2, 0) is 30.2 Å². The number of ether oxygens (including phenoxy) is 3. The van der Waals surface area contributed by atoms with Crippen LogP contribution in [-0.4, -0.2) is 36.2 Å². The molecule has 0 aromatic heterocycles. The number of benzene rings is 2. The molecule has 2 aromatic rings. The highest BCUT2D eigenvalue weighted by Crippen LogP contribution is 2.26. The molecular weight excluding hydrogens is 360 g/mol. The van der Waals surface area contributed by atoms with Gasteiger partial charge >= 0.3 is 23.5 Å². The van der Waals surface area contributed by atoms with Crippen LogP contribution >= 0.6 is 0 Å². The molecule has 0 spiro atoms. The fourth-order valence-electron chi connectivity index (χ4n) is 2.55. The second-order valence-corrected chi connectivity index (χ2v) is 7.24. The van der Waals surface area contributed by atoms with Gasteiger partial charge in [-0.25, -0.2) is 14.4 Å². The van der Waals surface area contributed by atoms with Crippen molar-refractivity contribution in [1.29, 1.82) is 0 Å². The lowest BCUT2D eigenvalue weighted by atomic mass is 9.93. The van der Waals surface area contributed by atoms with Gasteiger partial charge in [0.1, 0.15) is 5.60 Å². The van der Waals surface area contributed by atoms with Gasteiger partial charge in [0, 0.05) is 6.42 Å². The molecule has 148 valence electrons. The molecule has 0 N–H and O–H groups in total. The summed E-state index contributed by atoms with van der Waals surface area (Å²) in [5.74, 6) is -2.82. The van der Waals surface area contributed by atoms with Crippen LogP contribution in [0.25, 0.3) is 0 Å². The quantitative estimate of drug-likeness (QED) is 0.432. The smallest absolute Gasteiger partial charge is 0.363 e. The highest BCUT2D eigenvalue weighted by molar-refractivity contribution is 6.07. The summed E-state index contributed by atoms with van der Waals surface area (Å²) in [7, 11) is 1.13. The fraction of sp³-hybridized carbons (Fsp3) is 0.318. The van der Waals surface area contributed by atoms with E-state index >= 15 is 0 Å². The van der Waals surface area contributed by atoms with Gasteiger partial charge in [-0.3, -0.25) is 0 Å². The predicted molar refractivity (Wildman–Crippen MR) is 103 cm³/mol. The standard InChI is InChI=1S/C22H24O6/c1-21(2,3)28-20(25)22(19(24)26-4,15-16-11-7-5-8-12-16)27-18(23)17-13-9-6-10-14-17/h5-14H,15H2,1-4H3/t22-/m0/s1. The van der Waals surface area contributed by atoms with E-state index in [1.54, 1.807) is 69.3 Å². The van der Waals surface area contributed by atoms with Crippen LogP contribution in [0.3, 0.4) is 0 Å². The first-order valence-corrected chi connectivity index (χ1v) is 8.82. The first kappa shape index (κ1) is 21.2. The SMILES string of the molecule is COC(=O)[C@](Cc1ccccc1)(OC(=O)c1ccccc1)C(=O)OC(C)(C)C. The Labute approximate surface area is 164 Å². The molecule has 0 aliphatic heterocycles. The molecule has 6 heteroatoms. The summed E-state index contributed by atoms with van der Waals surface area (Å²) in [6.45, 7) is 4.98. The van der Waals surface area contributed by atoms with E-state index in [0.29, 0.717) is 5.56 Å². The van der Waals surface area contributed by atoms with Crippen molar-refractivity contribution in [2.45, 2.75) is 38.4 Å². The Morgan fingerprint density at radius 3 is 1.82 bits per heavy atom. The summed E-state index contributed by atoms with van der Waals surface area (Å²) in [4.78, 5) is 38.5. The Morgan fingerprint density at radius 2 is 1.32 bits per heavy atom. The molecule has 1 atom stereocenters. The zero-order chi connectivity index (χ0) is 20.8. The second kappa shape index (κ2) is 8.69. The van der Waals surface area contributed by atoms with Gasteiger partial charge < -0.3 is 14.2 Å². The molecule has 0 fully saturated rings. The van der Waals surface area contributed by atoms with Crippen molar-refractivity contribution in [3.05, 3.63) is 71.8 Å².